The van der Waals surface area contributed by atoms with E-state index in [9.17, 15) is 4.79 Å². The predicted octanol–water partition coefficient (Wildman–Crippen LogP) is 2.81. The summed E-state index contributed by atoms with van der Waals surface area (Å²) in [7, 11) is 0. The Morgan fingerprint density at radius 3 is 2.38 bits per heavy atom. The van der Waals surface area contributed by atoms with Crippen LogP contribution in [0.25, 0.3) is 0 Å². The van der Waals surface area contributed by atoms with Crippen LogP contribution in [0.15, 0.2) is 50.4 Å². The average Bonchev–Trinajstić information content (AvgIpc) is 2.20. The van der Waals surface area contributed by atoms with E-state index in [1.807, 2.05) is 0 Å². The number of benzene rings is 1. The van der Waals surface area contributed by atoms with Crippen molar-refractivity contribution in [2.24, 2.45) is 16.0 Å². The summed E-state index contributed by atoms with van der Waals surface area (Å²) in [5.41, 5.74) is 5.32. The molecule has 0 saturated carbocycles. The van der Waals surface area contributed by atoms with Crippen LogP contribution in [0.1, 0.15) is 6.92 Å². The second-order valence-corrected chi connectivity index (χ2v) is 3.89. The van der Waals surface area contributed by atoms with Crippen molar-refractivity contribution in [2.75, 3.05) is 0 Å². The number of allylic oxidation sites excluding steroid dienone is 1. The first-order valence-electron chi connectivity index (χ1n) is 4.37. The summed E-state index contributed by atoms with van der Waals surface area (Å²) < 4.78 is 0.912. The van der Waals surface area contributed by atoms with E-state index in [0.717, 1.165) is 4.47 Å². The van der Waals surface area contributed by atoms with Crippen molar-refractivity contribution in [3.63, 3.8) is 0 Å². The summed E-state index contributed by atoms with van der Waals surface area (Å²) in [5.74, 6) is -1.07. The molecule has 0 aromatic heterocycles. The molecular weight excluding hydrogens is 274 g/mol. The fourth-order valence-electron chi connectivity index (χ4n) is 0.915. The lowest BCUT2D eigenvalue weighted by molar-refractivity contribution is -0.114. The van der Waals surface area contributed by atoms with Gasteiger partial charge < -0.3 is 10.8 Å². The fraction of sp³-hybridized carbons (Fsp3) is 0.100. The molecule has 0 atom stereocenters. The number of hydrogen-bond acceptors (Lipinski definition) is 4. The number of aliphatic hydroxyl groups excluding tert-OH is 1. The Balaban J connectivity index is 2.92. The minimum atomic E-state index is -0.819. The average molecular weight is 284 g/mol. The van der Waals surface area contributed by atoms with Crippen LogP contribution in [0, 0.1) is 0 Å². The van der Waals surface area contributed by atoms with Gasteiger partial charge in [-0.15, -0.1) is 5.11 Å². The Labute approximate surface area is 101 Å². The lowest BCUT2D eigenvalue weighted by Crippen LogP contribution is -2.13. The van der Waals surface area contributed by atoms with Gasteiger partial charge in [-0.05, 0) is 31.2 Å². The van der Waals surface area contributed by atoms with Crippen LogP contribution in [-0.4, -0.2) is 11.0 Å². The Bertz CT molecular complexity index is 448. The molecule has 0 spiro atoms. The van der Waals surface area contributed by atoms with Gasteiger partial charge in [0.1, 0.15) is 5.76 Å². The number of azo groups is 1. The first-order chi connectivity index (χ1) is 7.50. The Morgan fingerprint density at radius 2 is 1.94 bits per heavy atom. The predicted molar refractivity (Wildman–Crippen MR) is 63.2 cm³/mol. The minimum Gasteiger partial charge on any atom is -0.510 e. The van der Waals surface area contributed by atoms with Crippen molar-refractivity contribution in [1.82, 2.24) is 0 Å². The number of hydrogen-bond donors (Lipinski definition) is 2. The third kappa shape index (κ3) is 3.47. The molecule has 0 radical (unpaired) electrons. The highest BCUT2D eigenvalue weighted by atomic mass is 79.9. The number of aliphatic hydroxyl groups is 1. The summed E-state index contributed by atoms with van der Waals surface area (Å²) in [5, 5.41) is 16.5. The van der Waals surface area contributed by atoms with Crippen LogP contribution < -0.4 is 5.73 Å². The van der Waals surface area contributed by atoms with E-state index in [1.165, 1.54) is 6.92 Å². The highest BCUT2D eigenvalue weighted by Crippen LogP contribution is 2.18. The van der Waals surface area contributed by atoms with Crippen molar-refractivity contribution in [3.05, 3.63) is 40.2 Å². The summed E-state index contributed by atoms with van der Waals surface area (Å²) in [6.45, 7) is 1.32. The number of carbonyl (C=O) groups is 1. The minimum absolute atomic E-state index is 0.247. The van der Waals surface area contributed by atoms with Gasteiger partial charge in [-0.1, -0.05) is 15.9 Å². The molecule has 16 heavy (non-hydrogen) atoms. The molecule has 0 fully saturated rings. The van der Waals surface area contributed by atoms with Crippen LogP contribution in [-0.2, 0) is 4.79 Å². The zero-order valence-electron chi connectivity index (χ0n) is 8.51. The molecule has 3 N–H and O–H groups in total. The summed E-state index contributed by atoms with van der Waals surface area (Å²) in [6.07, 6.45) is 0. The molecule has 0 saturated heterocycles. The van der Waals surface area contributed by atoms with Gasteiger partial charge in [-0.3, -0.25) is 4.79 Å². The van der Waals surface area contributed by atoms with Crippen molar-refractivity contribution in [2.45, 2.75) is 6.92 Å². The monoisotopic (exact) mass is 283 g/mol. The van der Waals surface area contributed by atoms with Gasteiger partial charge in [0, 0.05) is 4.47 Å². The largest absolute Gasteiger partial charge is 0.510 e. The summed E-state index contributed by atoms with van der Waals surface area (Å²) >= 11 is 3.28. The zero-order valence-corrected chi connectivity index (χ0v) is 10.1. The summed E-state index contributed by atoms with van der Waals surface area (Å²) in [4.78, 5) is 10.9. The molecular formula is C10H10BrN3O2. The Hall–Kier alpha value is -1.69. The molecule has 0 bridgehead atoms. The van der Waals surface area contributed by atoms with Crippen LogP contribution >= 0.6 is 15.9 Å². The maximum atomic E-state index is 10.9. The SMILES string of the molecule is C/C(O)=C(\N=Nc1ccc(Br)cc1)C(N)=O. The van der Waals surface area contributed by atoms with Gasteiger partial charge in [0.2, 0.25) is 0 Å². The Kier molecular flexibility index (Phi) is 4.19. The topological polar surface area (TPSA) is 88.0 Å². The maximum Gasteiger partial charge on any atom is 0.272 e. The van der Waals surface area contributed by atoms with Crippen LogP contribution in [0.4, 0.5) is 5.69 Å². The molecule has 1 amide bonds. The van der Waals surface area contributed by atoms with Crippen LogP contribution in [0.5, 0.6) is 0 Å². The third-order valence-corrected chi connectivity index (χ3v) is 2.20. The second-order valence-electron chi connectivity index (χ2n) is 2.97. The van der Waals surface area contributed by atoms with Gasteiger partial charge in [0.25, 0.3) is 5.91 Å². The first kappa shape index (κ1) is 12.4. The number of amides is 1. The molecule has 5 nitrogen and oxygen atoms in total. The quantitative estimate of drug-likeness (QED) is 0.508. The molecule has 1 aromatic rings. The molecule has 1 aromatic carbocycles. The maximum absolute atomic E-state index is 10.9. The highest BCUT2D eigenvalue weighted by molar-refractivity contribution is 9.10. The van der Waals surface area contributed by atoms with E-state index < -0.39 is 5.91 Å². The molecule has 0 heterocycles. The molecule has 6 heteroatoms. The molecule has 0 aliphatic carbocycles. The standard InChI is InChI=1S/C10H10BrN3O2/c1-6(15)9(10(12)16)14-13-8-4-2-7(11)3-5-8/h2-5,15H,1H3,(H2,12,16)/b9-6+,14-13?. The van der Waals surface area contributed by atoms with Crippen molar-refractivity contribution < 1.29 is 9.90 Å². The number of nitrogens with two attached hydrogens (primary N) is 1. The number of carbonyl (C=O) groups excluding carboxylic acids is 1. The molecule has 0 aliphatic rings. The van der Waals surface area contributed by atoms with Gasteiger partial charge in [-0.2, -0.15) is 5.11 Å². The van der Waals surface area contributed by atoms with E-state index in [2.05, 4.69) is 26.2 Å². The fourth-order valence-corrected chi connectivity index (χ4v) is 1.18. The summed E-state index contributed by atoms with van der Waals surface area (Å²) in [6, 6.07) is 6.99. The van der Waals surface area contributed by atoms with Crippen molar-refractivity contribution >= 4 is 27.5 Å². The molecule has 0 aliphatic heterocycles. The number of rotatable bonds is 3. The number of primary amides is 1. The lowest BCUT2D eigenvalue weighted by atomic mass is 10.3. The van der Waals surface area contributed by atoms with E-state index in [4.69, 9.17) is 10.8 Å². The Morgan fingerprint density at radius 1 is 1.38 bits per heavy atom. The molecule has 0 unspecified atom stereocenters. The van der Waals surface area contributed by atoms with E-state index in [-0.39, 0.29) is 11.5 Å². The van der Waals surface area contributed by atoms with E-state index in [1.54, 1.807) is 24.3 Å². The third-order valence-electron chi connectivity index (χ3n) is 1.67. The first-order valence-corrected chi connectivity index (χ1v) is 5.17. The highest BCUT2D eigenvalue weighted by Gasteiger charge is 2.07. The molecule has 1 rings (SSSR count). The molecule has 84 valence electrons. The van der Waals surface area contributed by atoms with Gasteiger partial charge in [0.05, 0.1) is 5.69 Å². The zero-order chi connectivity index (χ0) is 12.1. The van der Waals surface area contributed by atoms with Crippen LogP contribution in [0.2, 0.25) is 0 Å². The normalized spacial score (nSPS) is 12.6. The van der Waals surface area contributed by atoms with Crippen LogP contribution in [0.3, 0.4) is 0 Å². The van der Waals surface area contributed by atoms with Gasteiger partial charge in [0.15, 0.2) is 5.70 Å². The van der Waals surface area contributed by atoms with Gasteiger partial charge in [-0.25, -0.2) is 0 Å². The number of nitrogens with zero attached hydrogens (tertiary/aromatic N) is 2. The lowest BCUT2D eigenvalue weighted by Gasteiger charge is -1.96. The van der Waals surface area contributed by atoms with Crippen molar-refractivity contribution in [1.29, 1.82) is 0 Å². The second kappa shape index (κ2) is 5.41. The van der Waals surface area contributed by atoms with E-state index >= 15 is 0 Å². The number of halogens is 1. The van der Waals surface area contributed by atoms with Crippen molar-refractivity contribution in [3.8, 4) is 0 Å². The van der Waals surface area contributed by atoms with E-state index in [0.29, 0.717) is 5.69 Å². The smallest absolute Gasteiger partial charge is 0.272 e. The van der Waals surface area contributed by atoms with Gasteiger partial charge >= 0.3 is 0 Å².